The van der Waals surface area contributed by atoms with Gasteiger partial charge in [0.05, 0.1) is 34.2 Å². The predicted octanol–water partition coefficient (Wildman–Crippen LogP) is 4.66. The van der Waals surface area contributed by atoms with E-state index in [-0.39, 0.29) is 17.3 Å². The van der Waals surface area contributed by atoms with E-state index < -0.39 is 17.7 Å². The Morgan fingerprint density at radius 3 is 2.59 bits per heavy atom. The topological polar surface area (TPSA) is 108 Å². The summed E-state index contributed by atoms with van der Waals surface area (Å²) < 4.78 is 5.85. The number of hydrogen-bond acceptors (Lipinski definition) is 6. The van der Waals surface area contributed by atoms with Crippen molar-refractivity contribution in [3.05, 3.63) is 87.7 Å². The Morgan fingerprint density at radius 2 is 1.88 bits per heavy atom. The van der Waals surface area contributed by atoms with Gasteiger partial charge >= 0.3 is 5.91 Å². The molecule has 1 atom stereocenters. The van der Waals surface area contributed by atoms with Gasteiger partial charge in [-0.1, -0.05) is 6.07 Å². The van der Waals surface area contributed by atoms with Gasteiger partial charge in [-0.3, -0.25) is 19.5 Å². The number of hydrogen-bond donors (Lipinski definition) is 2. The summed E-state index contributed by atoms with van der Waals surface area (Å²) in [5, 5.41) is 11.2. The van der Waals surface area contributed by atoms with Gasteiger partial charge in [0.2, 0.25) is 5.95 Å². The van der Waals surface area contributed by atoms with Gasteiger partial charge in [0.15, 0.2) is 0 Å². The number of aliphatic hydroxyl groups is 1. The Balaban J connectivity index is 1.71. The number of Topliss-reactive ketones (excluding diaryl/α,β-unsaturated/α-hetero) is 1. The third-order valence-electron chi connectivity index (χ3n) is 5.74. The van der Waals surface area contributed by atoms with Gasteiger partial charge < -0.3 is 14.8 Å². The summed E-state index contributed by atoms with van der Waals surface area (Å²) in [5.74, 6) is -1.09. The van der Waals surface area contributed by atoms with Crippen LogP contribution in [0.3, 0.4) is 0 Å². The fourth-order valence-corrected chi connectivity index (χ4v) is 4.65. The van der Waals surface area contributed by atoms with Crippen molar-refractivity contribution in [1.29, 1.82) is 0 Å². The molecule has 2 aromatic carbocycles. The Hall–Kier alpha value is -3.98. The first-order valence-corrected chi connectivity index (χ1v) is 11.2. The van der Waals surface area contributed by atoms with Crippen LogP contribution in [-0.4, -0.2) is 38.9 Å². The smallest absolute Gasteiger partial charge is 0.302 e. The van der Waals surface area contributed by atoms with E-state index in [1.165, 1.54) is 12.0 Å². The number of halogens is 1. The fraction of sp³-hybridized carbons (Fsp3) is 0.120. The summed E-state index contributed by atoms with van der Waals surface area (Å²) >= 11 is 3.40. The Morgan fingerprint density at radius 1 is 1.12 bits per heavy atom. The summed E-state index contributed by atoms with van der Waals surface area (Å²) in [6, 6.07) is 13.1. The fourth-order valence-electron chi connectivity index (χ4n) is 4.11. The van der Waals surface area contributed by atoms with Gasteiger partial charge in [-0.25, -0.2) is 4.98 Å². The molecule has 34 heavy (non-hydrogen) atoms. The normalized spacial score (nSPS) is 17.5. The maximum absolute atomic E-state index is 13.3. The lowest BCUT2D eigenvalue weighted by Gasteiger charge is -2.22. The van der Waals surface area contributed by atoms with Crippen molar-refractivity contribution in [3.63, 3.8) is 0 Å². The minimum atomic E-state index is -0.898. The maximum atomic E-state index is 13.3. The zero-order valence-corrected chi connectivity index (χ0v) is 19.8. The van der Waals surface area contributed by atoms with E-state index in [2.05, 4.69) is 30.9 Å². The van der Waals surface area contributed by atoms with E-state index in [0.717, 1.165) is 11.1 Å². The van der Waals surface area contributed by atoms with Crippen molar-refractivity contribution in [2.75, 3.05) is 12.0 Å². The Labute approximate surface area is 203 Å². The van der Waals surface area contributed by atoms with Crippen molar-refractivity contribution >= 4 is 50.4 Å². The quantitative estimate of drug-likeness (QED) is 0.231. The highest BCUT2D eigenvalue weighted by atomic mass is 79.9. The number of carbonyl (C=O) groups excluding carboxylic acids is 2. The van der Waals surface area contributed by atoms with Crippen LogP contribution < -0.4 is 9.64 Å². The number of aromatic nitrogens is 3. The molecule has 1 saturated heterocycles. The number of rotatable bonds is 4. The molecule has 9 heteroatoms. The number of carbonyl (C=O) groups is 2. The van der Waals surface area contributed by atoms with Crippen LogP contribution in [0.4, 0.5) is 5.95 Å². The molecule has 0 saturated carbocycles. The molecule has 170 valence electrons. The molecule has 1 aliphatic heterocycles. The number of anilines is 1. The molecule has 4 aromatic rings. The number of aryl methyl sites for hydroxylation is 1. The van der Waals surface area contributed by atoms with Crippen molar-refractivity contribution in [1.82, 2.24) is 15.0 Å². The molecular weight excluding hydrogens is 500 g/mol. The maximum Gasteiger partial charge on any atom is 0.302 e. The van der Waals surface area contributed by atoms with Crippen molar-refractivity contribution < 1.29 is 19.4 Å². The monoisotopic (exact) mass is 518 g/mol. The lowest BCUT2D eigenvalue weighted by molar-refractivity contribution is -0.132. The number of aromatic amines is 1. The van der Waals surface area contributed by atoms with Crippen LogP contribution in [0.5, 0.6) is 5.75 Å². The number of pyridine rings is 1. The summed E-state index contributed by atoms with van der Waals surface area (Å²) in [6.07, 6.45) is 3.14. The molecule has 2 aromatic heterocycles. The average molecular weight is 519 g/mol. The molecule has 2 N–H and O–H groups in total. The van der Waals surface area contributed by atoms with Crippen molar-refractivity contribution in [2.45, 2.75) is 13.0 Å². The molecule has 8 nitrogen and oxygen atoms in total. The molecule has 0 aliphatic carbocycles. The summed E-state index contributed by atoms with van der Waals surface area (Å²) in [5.41, 5.74) is 3.37. The molecule has 5 rings (SSSR count). The van der Waals surface area contributed by atoms with Crippen molar-refractivity contribution in [3.8, 4) is 5.75 Å². The Kier molecular flexibility index (Phi) is 5.41. The standard InChI is InChI=1S/C25H19BrN4O4/c1-13-3-5-17-18(11-13)29-25(28-17)30-21(14-7-9-27-10-8-14)20(23(32)24(30)33)22(31)15-4-6-19(34-2)16(26)12-15/h3-12,21,31H,1-2H3,(H,28,29)/b22-20+. The number of amides is 1. The van der Waals surface area contributed by atoms with E-state index in [0.29, 0.717) is 26.9 Å². The molecule has 0 bridgehead atoms. The van der Waals surface area contributed by atoms with Gasteiger partial charge in [-0.2, -0.15) is 0 Å². The highest BCUT2D eigenvalue weighted by Gasteiger charge is 2.48. The first-order chi connectivity index (χ1) is 16.4. The Bertz CT molecular complexity index is 1480. The first kappa shape index (κ1) is 21.8. The van der Waals surface area contributed by atoms with E-state index >= 15 is 0 Å². The van der Waals surface area contributed by atoms with Crippen LogP contribution >= 0.6 is 15.9 Å². The number of aliphatic hydroxyl groups excluding tert-OH is 1. The number of nitrogens with zero attached hydrogens (tertiary/aromatic N) is 3. The van der Waals surface area contributed by atoms with E-state index in [4.69, 9.17) is 4.74 Å². The summed E-state index contributed by atoms with van der Waals surface area (Å²) in [4.78, 5) is 39.6. The summed E-state index contributed by atoms with van der Waals surface area (Å²) in [6.45, 7) is 1.95. The molecular formula is C25H19BrN4O4. The zero-order chi connectivity index (χ0) is 24.0. The lowest BCUT2D eigenvalue weighted by Crippen LogP contribution is -2.30. The second-order valence-corrected chi connectivity index (χ2v) is 8.73. The number of methoxy groups -OCH3 is 1. The van der Waals surface area contributed by atoms with Crippen LogP contribution in [0.25, 0.3) is 16.8 Å². The van der Waals surface area contributed by atoms with Gasteiger partial charge in [0.1, 0.15) is 11.5 Å². The molecule has 1 unspecified atom stereocenters. The SMILES string of the molecule is COc1ccc(/C(O)=C2\C(=O)C(=O)N(c3nc4ccc(C)cc4[nH]3)C2c2ccncc2)cc1Br. The van der Waals surface area contributed by atoms with Gasteiger partial charge in [-0.05, 0) is 76.4 Å². The second-order valence-electron chi connectivity index (χ2n) is 7.88. The number of fused-ring (bicyclic) bond motifs is 1. The van der Waals surface area contributed by atoms with E-state index in [9.17, 15) is 14.7 Å². The van der Waals surface area contributed by atoms with Gasteiger partial charge in [0.25, 0.3) is 5.78 Å². The number of ketones is 1. The number of imidazole rings is 1. The first-order valence-electron chi connectivity index (χ1n) is 10.4. The average Bonchev–Trinajstić information content (AvgIpc) is 3.37. The minimum absolute atomic E-state index is 0.0371. The number of ether oxygens (including phenoxy) is 1. The third kappa shape index (κ3) is 3.54. The van der Waals surface area contributed by atoms with E-state index in [1.54, 1.807) is 42.7 Å². The molecule has 0 radical (unpaired) electrons. The largest absolute Gasteiger partial charge is 0.507 e. The van der Waals surface area contributed by atoms with Crippen LogP contribution in [0.15, 0.2) is 71.0 Å². The van der Waals surface area contributed by atoms with E-state index in [1.807, 2.05) is 25.1 Å². The van der Waals surface area contributed by atoms with Gasteiger partial charge in [-0.15, -0.1) is 0 Å². The lowest BCUT2D eigenvalue weighted by atomic mass is 9.96. The molecule has 1 amide bonds. The molecule has 3 heterocycles. The van der Waals surface area contributed by atoms with Crippen LogP contribution in [-0.2, 0) is 9.59 Å². The van der Waals surface area contributed by atoms with Crippen LogP contribution in [0, 0.1) is 6.92 Å². The highest BCUT2D eigenvalue weighted by Crippen LogP contribution is 2.42. The number of benzene rings is 2. The molecule has 1 fully saturated rings. The zero-order valence-electron chi connectivity index (χ0n) is 18.2. The van der Waals surface area contributed by atoms with Gasteiger partial charge in [0, 0.05) is 18.0 Å². The van der Waals surface area contributed by atoms with Crippen LogP contribution in [0.1, 0.15) is 22.7 Å². The predicted molar refractivity (Wildman–Crippen MR) is 131 cm³/mol. The van der Waals surface area contributed by atoms with Crippen LogP contribution in [0.2, 0.25) is 0 Å². The second kappa shape index (κ2) is 8.42. The molecule has 0 spiro atoms. The third-order valence-corrected chi connectivity index (χ3v) is 6.36. The minimum Gasteiger partial charge on any atom is -0.507 e. The number of H-pyrrole nitrogens is 1. The molecule has 1 aliphatic rings. The summed E-state index contributed by atoms with van der Waals surface area (Å²) in [7, 11) is 1.53. The highest BCUT2D eigenvalue weighted by molar-refractivity contribution is 9.10. The van der Waals surface area contributed by atoms with Crippen molar-refractivity contribution in [2.24, 2.45) is 0 Å². The number of nitrogens with one attached hydrogen (secondary N) is 1.